The van der Waals surface area contributed by atoms with Gasteiger partial charge in [0.2, 0.25) is 0 Å². The Morgan fingerprint density at radius 3 is 1.51 bits per heavy atom. The Morgan fingerprint density at radius 2 is 0.843 bits per heavy atom. The SMILES string of the molecule is c1ccc(-n2c3ccccc3c3c2ccc2c4ccccc4n(-c4ccc5c(c4)[Si]4(c6ccccc6-c6ccccc64)c4ccccc4-5)c23)cc1. The lowest BCUT2D eigenvalue weighted by atomic mass is 10.1. The maximum absolute atomic E-state index is 2.59. The summed E-state index contributed by atoms with van der Waals surface area (Å²) in [5, 5.41) is 11.1. The highest BCUT2D eigenvalue weighted by Crippen LogP contribution is 2.43. The molecule has 4 heterocycles. The lowest BCUT2D eigenvalue weighted by Gasteiger charge is -2.28. The second kappa shape index (κ2) is 9.84. The van der Waals surface area contributed by atoms with E-state index >= 15 is 0 Å². The van der Waals surface area contributed by atoms with Gasteiger partial charge in [0.15, 0.2) is 8.07 Å². The van der Waals surface area contributed by atoms with E-state index in [2.05, 4.69) is 191 Å². The lowest BCUT2D eigenvalue weighted by molar-refractivity contribution is 1.17. The van der Waals surface area contributed by atoms with Crippen LogP contribution in [0.2, 0.25) is 0 Å². The number of hydrogen-bond acceptors (Lipinski definition) is 0. The van der Waals surface area contributed by atoms with Crippen molar-refractivity contribution < 1.29 is 0 Å². The highest BCUT2D eigenvalue weighted by molar-refractivity contribution is 7.24. The zero-order valence-corrected chi connectivity index (χ0v) is 28.7. The largest absolute Gasteiger partial charge is 0.309 e. The molecule has 0 aliphatic carbocycles. The van der Waals surface area contributed by atoms with E-state index in [9.17, 15) is 0 Å². The molecule has 0 saturated heterocycles. The topological polar surface area (TPSA) is 9.86 Å². The molecular weight excluding hydrogens is 633 g/mol. The average molecular weight is 663 g/mol. The van der Waals surface area contributed by atoms with Crippen molar-refractivity contribution in [3.05, 3.63) is 182 Å². The molecule has 0 N–H and O–H groups in total. The minimum atomic E-state index is -2.59. The molecule has 0 saturated carbocycles. The van der Waals surface area contributed by atoms with Gasteiger partial charge in [0.05, 0.1) is 22.1 Å². The number of benzene rings is 8. The van der Waals surface area contributed by atoms with E-state index in [1.54, 1.807) is 0 Å². The smallest absolute Gasteiger partial charge is 0.182 e. The fraction of sp³-hybridized carbons (Fsp3) is 0. The van der Waals surface area contributed by atoms with Crippen LogP contribution in [0.15, 0.2) is 182 Å². The summed E-state index contributed by atoms with van der Waals surface area (Å²) in [6, 6.07) is 68.3. The normalized spacial score (nSPS) is 13.6. The number of aromatic nitrogens is 2. The second-order valence-electron chi connectivity index (χ2n) is 14.0. The minimum Gasteiger partial charge on any atom is -0.309 e. The molecule has 8 aromatic carbocycles. The third-order valence-corrected chi connectivity index (χ3v) is 16.7. The van der Waals surface area contributed by atoms with Crippen LogP contribution in [0.5, 0.6) is 0 Å². The van der Waals surface area contributed by atoms with Gasteiger partial charge in [0.1, 0.15) is 0 Å². The molecule has 1 spiro atoms. The number of hydrogen-bond donors (Lipinski definition) is 0. The van der Waals surface area contributed by atoms with Gasteiger partial charge in [0.25, 0.3) is 0 Å². The van der Waals surface area contributed by atoms with Crippen molar-refractivity contribution in [3.63, 3.8) is 0 Å². The van der Waals surface area contributed by atoms with Crippen LogP contribution in [0.4, 0.5) is 0 Å². The monoisotopic (exact) mass is 662 g/mol. The lowest BCUT2D eigenvalue weighted by Crippen LogP contribution is -2.70. The Bertz CT molecular complexity index is 3030. The molecule has 3 heteroatoms. The van der Waals surface area contributed by atoms with Gasteiger partial charge < -0.3 is 9.13 Å². The van der Waals surface area contributed by atoms with Gasteiger partial charge in [-0.25, -0.2) is 0 Å². The summed E-state index contributed by atoms with van der Waals surface area (Å²) in [5.74, 6) is 0. The predicted octanol–water partition coefficient (Wildman–Crippen LogP) is 9.22. The van der Waals surface area contributed by atoms with Crippen LogP contribution in [0.25, 0.3) is 77.2 Å². The van der Waals surface area contributed by atoms with E-state index in [1.807, 2.05) is 0 Å². The Morgan fingerprint density at radius 1 is 0.314 bits per heavy atom. The molecular formula is C48H30N2Si. The van der Waals surface area contributed by atoms with Gasteiger partial charge in [-0.3, -0.25) is 0 Å². The quantitative estimate of drug-likeness (QED) is 0.163. The Hall–Kier alpha value is -6.42. The fourth-order valence-electron chi connectivity index (χ4n) is 9.85. The number of para-hydroxylation sites is 3. The average Bonchev–Trinajstić information content (AvgIpc) is 3.90. The minimum absolute atomic E-state index is 1.17. The molecule has 2 aliphatic rings. The van der Waals surface area contributed by atoms with Gasteiger partial charge in [0, 0.05) is 32.9 Å². The third-order valence-electron chi connectivity index (χ3n) is 11.7. The number of rotatable bonds is 2. The highest BCUT2D eigenvalue weighted by atomic mass is 28.3. The molecule has 0 amide bonds. The van der Waals surface area contributed by atoms with Gasteiger partial charge in [-0.2, -0.15) is 0 Å². The molecule has 236 valence electrons. The summed E-state index contributed by atoms with van der Waals surface area (Å²) in [6.07, 6.45) is 0. The van der Waals surface area contributed by atoms with Gasteiger partial charge in [-0.05, 0) is 85.5 Å². The zero-order valence-electron chi connectivity index (χ0n) is 27.7. The first-order valence-corrected chi connectivity index (χ1v) is 19.8. The first kappa shape index (κ1) is 27.4. The Kier molecular flexibility index (Phi) is 5.29. The highest BCUT2D eigenvalue weighted by Gasteiger charge is 2.53. The molecule has 0 radical (unpaired) electrons. The van der Waals surface area contributed by atoms with E-state index in [0.717, 1.165) is 0 Å². The predicted molar refractivity (Wildman–Crippen MR) is 217 cm³/mol. The summed E-state index contributed by atoms with van der Waals surface area (Å²) >= 11 is 0. The standard InChI is InChI=1S/C48H30N2Si/c1-2-14-31(15-3-1)49-41-22-10-5-20-39(41)47-42(49)29-28-38-33-16-4-9-21-40(33)50(48(38)47)32-26-27-37-36-19-8-13-25-45(36)51(46(37)30-32)43-23-11-6-17-34(43)35-18-7-12-24-44(35)51/h1-30H. The number of nitrogens with zero attached hydrogens (tertiary/aromatic N) is 2. The second-order valence-corrected chi connectivity index (χ2v) is 17.7. The third kappa shape index (κ3) is 3.32. The maximum Gasteiger partial charge on any atom is 0.182 e. The molecule has 51 heavy (non-hydrogen) atoms. The zero-order chi connectivity index (χ0) is 33.3. The van der Waals surface area contributed by atoms with Crippen molar-refractivity contribution >= 4 is 72.4 Å². The van der Waals surface area contributed by atoms with Crippen LogP contribution in [0.3, 0.4) is 0 Å². The van der Waals surface area contributed by atoms with Gasteiger partial charge >= 0.3 is 0 Å². The molecule has 10 aromatic rings. The van der Waals surface area contributed by atoms with E-state index in [-0.39, 0.29) is 0 Å². The van der Waals surface area contributed by atoms with Crippen LogP contribution in [0, 0.1) is 0 Å². The first-order valence-electron chi connectivity index (χ1n) is 17.8. The van der Waals surface area contributed by atoms with Crippen LogP contribution < -0.4 is 20.7 Å². The summed E-state index contributed by atoms with van der Waals surface area (Å²) in [5.41, 5.74) is 12.9. The van der Waals surface area contributed by atoms with Crippen LogP contribution in [-0.4, -0.2) is 17.2 Å². The molecule has 12 rings (SSSR count). The summed E-state index contributed by atoms with van der Waals surface area (Å²) in [4.78, 5) is 0. The van der Waals surface area contributed by atoms with E-state index in [1.165, 1.54) is 98.0 Å². The molecule has 2 aliphatic heterocycles. The van der Waals surface area contributed by atoms with Gasteiger partial charge in [-0.15, -0.1) is 0 Å². The molecule has 0 bridgehead atoms. The van der Waals surface area contributed by atoms with Crippen LogP contribution in [0.1, 0.15) is 0 Å². The first-order chi connectivity index (χ1) is 25.3. The van der Waals surface area contributed by atoms with Crippen LogP contribution >= 0.6 is 0 Å². The summed E-state index contributed by atoms with van der Waals surface area (Å²) in [6.45, 7) is 0. The van der Waals surface area contributed by atoms with E-state index in [4.69, 9.17) is 0 Å². The number of fused-ring (bicyclic) bond motifs is 17. The molecule has 2 aromatic heterocycles. The van der Waals surface area contributed by atoms with Crippen molar-refractivity contribution in [2.75, 3.05) is 0 Å². The fourth-order valence-corrected chi connectivity index (χ4v) is 15.5. The van der Waals surface area contributed by atoms with Crippen molar-refractivity contribution in [1.29, 1.82) is 0 Å². The Labute approximate surface area is 296 Å². The maximum atomic E-state index is 2.57. The van der Waals surface area contributed by atoms with Crippen molar-refractivity contribution in [2.45, 2.75) is 0 Å². The van der Waals surface area contributed by atoms with Crippen molar-refractivity contribution in [2.24, 2.45) is 0 Å². The molecule has 2 nitrogen and oxygen atoms in total. The Balaban J connectivity index is 1.23. The van der Waals surface area contributed by atoms with Crippen molar-refractivity contribution in [1.82, 2.24) is 9.13 Å². The van der Waals surface area contributed by atoms with Gasteiger partial charge in [-0.1, -0.05) is 140 Å². The van der Waals surface area contributed by atoms with E-state index < -0.39 is 8.07 Å². The summed E-state index contributed by atoms with van der Waals surface area (Å²) < 4.78 is 4.99. The molecule has 0 unspecified atom stereocenters. The van der Waals surface area contributed by atoms with Crippen molar-refractivity contribution in [3.8, 4) is 33.6 Å². The van der Waals surface area contributed by atoms with E-state index in [0.29, 0.717) is 0 Å². The summed E-state index contributed by atoms with van der Waals surface area (Å²) in [7, 11) is -2.59. The molecule has 0 fully saturated rings. The van der Waals surface area contributed by atoms with Crippen LogP contribution in [-0.2, 0) is 0 Å². The molecule has 0 atom stereocenters.